The SMILES string of the molecule is CNC(=O)OCc1ccc(NC(=O)[C@H](CCCNC(N)=O)NC(=O)[C@@H](N)C(C)C)cc1C(=O)NCCCN(C)C. The van der Waals surface area contributed by atoms with Gasteiger partial charge >= 0.3 is 12.1 Å². The van der Waals surface area contributed by atoms with E-state index in [9.17, 15) is 24.0 Å². The van der Waals surface area contributed by atoms with Crippen molar-refractivity contribution in [1.82, 2.24) is 26.2 Å². The summed E-state index contributed by atoms with van der Waals surface area (Å²) >= 11 is 0. The molecule has 2 atom stereocenters. The van der Waals surface area contributed by atoms with Gasteiger partial charge in [-0.05, 0) is 58.0 Å². The molecule has 14 nitrogen and oxygen atoms in total. The fourth-order valence-corrected chi connectivity index (χ4v) is 3.49. The van der Waals surface area contributed by atoms with Gasteiger partial charge < -0.3 is 47.7 Å². The molecule has 40 heavy (non-hydrogen) atoms. The predicted octanol–water partition coefficient (Wildman–Crippen LogP) is 0.0792. The van der Waals surface area contributed by atoms with Gasteiger partial charge in [-0.3, -0.25) is 14.4 Å². The highest BCUT2D eigenvalue weighted by Gasteiger charge is 2.25. The summed E-state index contributed by atoms with van der Waals surface area (Å²) in [6, 6.07) is 2.14. The zero-order valence-electron chi connectivity index (χ0n) is 24.0. The van der Waals surface area contributed by atoms with Gasteiger partial charge in [0.05, 0.1) is 6.04 Å². The molecular weight excluding hydrogens is 520 g/mol. The van der Waals surface area contributed by atoms with Gasteiger partial charge in [0.1, 0.15) is 12.6 Å². The number of carbonyl (C=O) groups is 5. The van der Waals surface area contributed by atoms with Crippen LogP contribution in [0, 0.1) is 5.92 Å². The number of primary amides is 1. The van der Waals surface area contributed by atoms with Crippen LogP contribution in [-0.4, -0.2) is 87.6 Å². The molecule has 1 aromatic carbocycles. The molecule has 224 valence electrons. The average molecular weight is 565 g/mol. The second kappa shape index (κ2) is 17.6. The molecule has 0 saturated heterocycles. The minimum absolute atomic E-state index is 0.149. The van der Waals surface area contributed by atoms with Crippen LogP contribution < -0.4 is 38.1 Å². The third-order valence-electron chi connectivity index (χ3n) is 5.88. The Labute approximate surface area is 235 Å². The predicted molar refractivity (Wildman–Crippen MR) is 151 cm³/mol. The molecule has 1 aromatic rings. The normalized spacial score (nSPS) is 12.3. The maximum atomic E-state index is 13.2. The minimum atomic E-state index is -0.966. The van der Waals surface area contributed by atoms with Crippen LogP contribution in [0.1, 0.15) is 49.0 Å². The number of ether oxygens (including phenoxy) is 1. The van der Waals surface area contributed by atoms with Gasteiger partial charge in [-0.25, -0.2) is 9.59 Å². The molecule has 1 rings (SSSR count). The van der Waals surface area contributed by atoms with Gasteiger partial charge in [0, 0.05) is 37.0 Å². The van der Waals surface area contributed by atoms with Crippen molar-refractivity contribution >= 4 is 35.5 Å². The largest absolute Gasteiger partial charge is 0.445 e. The Kier molecular flexibility index (Phi) is 15.0. The van der Waals surface area contributed by atoms with Crippen molar-refractivity contribution in [3.05, 3.63) is 29.3 Å². The Balaban J connectivity index is 3.11. The summed E-state index contributed by atoms with van der Waals surface area (Å²) in [4.78, 5) is 63.3. The number of urea groups is 1. The zero-order chi connectivity index (χ0) is 30.2. The second-order valence-corrected chi connectivity index (χ2v) is 9.86. The van der Waals surface area contributed by atoms with E-state index in [1.54, 1.807) is 26.0 Å². The van der Waals surface area contributed by atoms with E-state index >= 15 is 0 Å². The fourth-order valence-electron chi connectivity index (χ4n) is 3.49. The summed E-state index contributed by atoms with van der Waals surface area (Å²) in [5.41, 5.74) is 12.0. The van der Waals surface area contributed by atoms with Gasteiger partial charge in [-0.1, -0.05) is 19.9 Å². The van der Waals surface area contributed by atoms with Gasteiger partial charge in [0.25, 0.3) is 5.91 Å². The first-order valence-electron chi connectivity index (χ1n) is 13.2. The van der Waals surface area contributed by atoms with Crippen molar-refractivity contribution in [2.75, 3.05) is 46.1 Å². The molecule has 0 radical (unpaired) electrons. The minimum Gasteiger partial charge on any atom is -0.445 e. The molecule has 0 aliphatic heterocycles. The van der Waals surface area contributed by atoms with Crippen molar-refractivity contribution in [2.24, 2.45) is 17.4 Å². The Morgan fingerprint density at radius 3 is 2.27 bits per heavy atom. The van der Waals surface area contributed by atoms with Crippen LogP contribution in [0.5, 0.6) is 0 Å². The summed E-state index contributed by atoms with van der Waals surface area (Å²) in [5, 5.41) is 13.0. The van der Waals surface area contributed by atoms with Gasteiger partial charge in [0.2, 0.25) is 11.8 Å². The molecule has 14 heteroatoms. The number of benzene rings is 1. The molecule has 0 bridgehead atoms. The number of nitrogens with zero attached hydrogens (tertiary/aromatic N) is 1. The van der Waals surface area contributed by atoms with Crippen LogP contribution in [0.25, 0.3) is 0 Å². The zero-order valence-corrected chi connectivity index (χ0v) is 24.0. The van der Waals surface area contributed by atoms with Crippen LogP contribution in [0.4, 0.5) is 15.3 Å². The molecule has 0 saturated carbocycles. The quantitative estimate of drug-likeness (QED) is 0.136. The van der Waals surface area contributed by atoms with Crippen molar-refractivity contribution in [2.45, 2.75) is 51.8 Å². The smallest absolute Gasteiger partial charge is 0.407 e. The lowest BCUT2D eigenvalue weighted by Crippen LogP contribution is -2.51. The summed E-state index contributed by atoms with van der Waals surface area (Å²) < 4.78 is 5.12. The first-order chi connectivity index (χ1) is 18.8. The van der Waals surface area contributed by atoms with E-state index in [-0.39, 0.29) is 31.1 Å². The van der Waals surface area contributed by atoms with Gasteiger partial charge in [-0.15, -0.1) is 0 Å². The maximum Gasteiger partial charge on any atom is 0.407 e. The first-order valence-corrected chi connectivity index (χ1v) is 13.2. The Hall–Kier alpha value is -3.91. The summed E-state index contributed by atoms with van der Waals surface area (Å²) in [7, 11) is 5.29. The number of nitrogens with one attached hydrogen (secondary N) is 5. The molecule has 0 aliphatic rings. The Bertz CT molecular complexity index is 1020. The van der Waals surface area contributed by atoms with E-state index in [4.69, 9.17) is 16.2 Å². The van der Waals surface area contributed by atoms with Crippen molar-refractivity contribution < 1.29 is 28.7 Å². The van der Waals surface area contributed by atoms with Crippen LogP contribution >= 0.6 is 0 Å². The van der Waals surface area contributed by atoms with Crippen molar-refractivity contribution in [1.29, 1.82) is 0 Å². The number of alkyl carbamates (subject to hydrolysis) is 1. The highest BCUT2D eigenvalue weighted by Crippen LogP contribution is 2.18. The van der Waals surface area contributed by atoms with Crippen molar-refractivity contribution in [3.8, 4) is 0 Å². The lowest BCUT2D eigenvalue weighted by molar-refractivity contribution is -0.128. The number of rotatable bonds is 16. The molecule has 0 aliphatic carbocycles. The Morgan fingerprint density at radius 1 is 1.00 bits per heavy atom. The number of nitrogens with two attached hydrogens (primary N) is 2. The molecule has 0 aromatic heterocycles. The standard InChI is InChI=1S/C26H44N8O6/c1-16(2)21(27)24(37)33-20(8-6-11-31-25(28)38)23(36)32-18-10-9-17(15-40-26(39)29-3)19(14-18)22(35)30-12-7-13-34(4)5/h9-10,14,16,20-21H,6-8,11-13,15,27H2,1-5H3,(H,29,39)(H,30,35)(H,32,36)(H,33,37)(H3,28,31,38)/t20-,21-/m0/s1. The highest BCUT2D eigenvalue weighted by atomic mass is 16.5. The number of hydrogen-bond donors (Lipinski definition) is 7. The third kappa shape index (κ3) is 12.8. The molecular formula is C26H44N8O6. The van der Waals surface area contributed by atoms with E-state index in [0.29, 0.717) is 24.2 Å². The second-order valence-electron chi connectivity index (χ2n) is 9.86. The molecule has 0 spiro atoms. The molecule has 6 amide bonds. The lowest BCUT2D eigenvalue weighted by atomic mass is 10.0. The monoisotopic (exact) mass is 564 g/mol. The van der Waals surface area contributed by atoms with E-state index in [1.165, 1.54) is 13.1 Å². The number of carbonyl (C=O) groups excluding carboxylic acids is 5. The maximum absolute atomic E-state index is 13.2. The molecule has 9 N–H and O–H groups in total. The summed E-state index contributed by atoms with van der Waals surface area (Å²) in [6.07, 6.45) is 0.622. The summed E-state index contributed by atoms with van der Waals surface area (Å²) in [5.74, 6) is -1.56. The van der Waals surface area contributed by atoms with Gasteiger partial charge in [-0.2, -0.15) is 0 Å². The first kappa shape index (κ1) is 34.1. The molecule has 0 unspecified atom stereocenters. The van der Waals surface area contributed by atoms with Gasteiger partial charge in [0.15, 0.2) is 0 Å². The Morgan fingerprint density at radius 2 is 1.68 bits per heavy atom. The van der Waals surface area contributed by atoms with E-state index in [2.05, 4.69) is 26.6 Å². The summed E-state index contributed by atoms with van der Waals surface area (Å²) in [6.45, 7) is 4.84. The fraction of sp³-hybridized carbons (Fsp3) is 0.577. The van der Waals surface area contributed by atoms with Crippen LogP contribution in [0.15, 0.2) is 18.2 Å². The highest BCUT2D eigenvalue weighted by molar-refractivity contribution is 6.00. The van der Waals surface area contributed by atoms with Crippen molar-refractivity contribution in [3.63, 3.8) is 0 Å². The topological polar surface area (TPSA) is 210 Å². The van der Waals surface area contributed by atoms with E-state index in [0.717, 1.165) is 13.0 Å². The third-order valence-corrected chi connectivity index (χ3v) is 5.88. The van der Waals surface area contributed by atoms with Crippen LogP contribution in [0.3, 0.4) is 0 Å². The average Bonchev–Trinajstić information content (AvgIpc) is 2.90. The number of amides is 6. The van der Waals surface area contributed by atoms with Crippen LogP contribution in [0.2, 0.25) is 0 Å². The molecule has 0 heterocycles. The number of anilines is 1. The van der Waals surface area contributed by atoms with E-state index < -0.39 is 41.9 Å². The van der Waals surface area contributed by atoms with Crippen LogP contribution in [-0.2, 0) is 20.9 Å². The van der Waals surface area contributed by atoms with E-state index in [1.807, 2.05) is 19.0 Å². The number of hydrogen-bond acceptors (Lipinski definition) is 8. The lowest BCUT2D eigenvalue weighted by Gasteiger charge is -2.22. The molecule has 0 fully saturated rings.